The molecule has 19 heavy (non-hydrogen) atoms. The first-order chi connectivity index (χ1) is 9.04. The molecule has 1 aromatic carbocycles. The zero-order chi connectivity index (χ0) is 14.0. The third-order valence-electron chi connectivity index (χ3n) is 3.59. The number of carbonyl (C=O) groups is 1. The van der Waals surface area contributed by atoms with Crippen LogP contribution in [0.2, 0.25) is 0 Å². The second-order valence-electron chi connectivity index (χ2n) is 5.25. The van der Waals surface area contributed by atoms with E-state index in [1.807, 2.05) is 11.8 Å². The number of hydrogen-bond donors (Lipinski definition) is 1. The summed E-state index contributed by atoms with van der Waals surface area (Å²) >= 11 is 1.78. The summed E-state index contributed by atoms with van der Waals surface area (Å²) in [5.74, 6) is 1.16. The van der Waals surface area contributed by atoms with E-state index in [0.29, 0.717) is 0 Å². The Hall–Kier alpha value is -1.00. The molecular formula is C15H22N2OS. The number of benzene rings is 1. The van der Waals surface area contributed by atoms with Gasteiger partial charge in [0.05, 0.1) is 6.04 Å². The molecule has 0 saturated carbocycles. The number of thioether (sulfide) groups is 1. The predicted octanol–water partition coefficient (Wildman–Crippen LogP) is 2.57. The van der Waals surface area contributed by atoms with Crippen LogP contribution in [0.5, 0.6) is 0 Å². The molecular weight excluding hydrogens is 256 g/mol. The Morgan fingerprint density at radius 2 is 2.00 bits per heavy atom. The predicted molar refractivity (Wildman–Crippen MR) is 81.2 cm³/mol. The van der Waals surface area contributed by atoms with Gasteiger partial charge in [0.2, 0.25) is 5.91 Å². The lowest BCUT2D eigenvalue weighted by Gasteiger charge is -2.30. The molecule has 1 N–H and O–H groups in total. The second-order valence-corrected chi connectivity index (χ2v) is 6.16. The molecule has 1 aliphatic heterocycles. The molecule has 3 unspecified atom stereocenters. The van der Waals surface area contributed by atoms with E-state index in [1.165, 1.54) is 5.56 Å². The number of hydrogen-bond acceptors (Lipinski definition) is 3. The fraction of sp³-hybridized carbons (Fsp3) is 0.533. The van der Waals surface area contributed by atoms with Crippen molar-refractivity contribution in [2.75, 3.05) is 12.0 Å². The molecule has 0 bridgehead atoms. The third-order valence-corrected chi connectivity index (χ3v) is 4.40. The summed E-state index contributed by atoms with van der Waals surface area (Å²) < 4.78 is 0. The smallest absolute Gasteiger partial charge is 0.241 e. The van der Waals surface area contributed by atoms with Gasteiger partial charge < -0.3 is 4.90 Å². The monoisotopic (exact) mass is 278 g/mol. The number of rotatable bonds is 4. The topological polar surface area (TPSA) is 32.3 Å². The lowest BCUT2D eigenvalue weighted by atomic mass is 10.1. The highest BCUT2D eigenvalue weighted by atomic mass is 32.2. The molecule has 3 atom stereocenters. The summed E-state index contributed by atoms with van der Waals surface area (Å²) in [5.41, 5.74) is 2.40. The first kappa shape index (κ1) is 14.4. The average molecular weight is 278 g/mol. The number of carbonyl (C=O) groups excluding carboxylic acids is 1. The van der Waals surface area contributed by atoms with E-state index in [0.717, 1.165) is 11.3 Å². The number of amides is 1. The van der Waals surface area contributed by atoms with Gasteiger partial charge in [0, 0.05) is 11.8 Å². The molecule has 2 rings (SSSR count). The number of nitrogens with zero attached hydrogens (tertiary/aromatic N) is 1. The Labute approximate surface area is 119 Å². The maximum atomic E-state index is 12.3. The molecule has 0 spiro atoms. The molecule has 1 heterocycles. The third kappa shape index (κ3) is 2.95. The minimum Gasteiger partial charge on any atom is -0.318 e. The first-order valence-corrected chi connectivity index (χ1v) is 8.07. The van der Waals surface area contributed by atoms with Crippen molar-refractivity contribution in [3.05, 3.63) is 35.4 Å². The van der Waals surface area contributed by atoms with Crippen LogP contribution in [0.1, 0.15) is 31.1 Å². The Kier molecular flexibility index (Phi) is 4.53. The largest absolute Gasteiger partial charge is 0.318 e. The van der Waals surface area contributed by atoms with Crippen molar-refractivity contribution in [1.29, 1.82) is 0 Å². The molecule has 0 aromatic heterocycles. The summed E-state index contributed by atoms with van der Waals surface area (Å²) in [5, 5.41) is 3.40. The summed E-state index contributed by atoms with van der Waals surface area (Å²) in [6.07, 6.45) is 2.08. The van der Waals surface area contributed by atoms with Gasteiger partial charge in [-0.2, -0.15) is 11.8 Å². The van der Waals surface area contributed by atoms with Gasteiger partial charge in [0.15, 0.2) is 0 Å². The molecule has 1 amide bonds. The van der Waals surface area contributed by atoms with Gasteiger partial charge in [-0.3, -0.25) is 10.1 Å². The van der Waals surface area contributed by atoms with Gasteiger partial charge in [-0.15, -0.1) is 0 Å². The van der Waals surface area contributed by atoms with E-state index < -0.39 is 0 Å². The summed E-state index contributed by atoms with van der Waals surface area (Å²) in [6, 6.07) is 8.56. The van der Waals surface area contributed by atoms with Crippen LogP contribution in [0, 0.1) is 6.92 Å². The molecule has 3 nitrogen and oxygen atoms in total. The maximum absolute atomic E-state index is 12.3. The standard InChI is InChI=1S/C15H22N2OS/c1-10-5-7-13(8-6-10)14-16-12(3)15(18)17(14)11(2)9-19-4/h5-8,11-12,14,16H,9H2,1-4H3. The van der Waals surface area contributed by atoms with Crippen molar-refractivity contribution < 1.29 is 4.79 Å². The Morgan fingerprint density at radius 3 is 2.58 bits per heavy atom. The average Bonchev–Trinajstić information content (AvgIpc) is 2.67. The molecule has 1 aromatic rings. The van der Waals surface area contributed by atoms with Crippen LogP contribution in [-0.4, -0.2) is 34.9 Å². The zero-order valence-corrected chi connectivity index (χ0v) is 12.8. The van der Waals surface area contributed by atoms with Crippen molar-refractivity contribution in [3.8, 4) is 0 Å². The maximum Gasteiger partial charge on any atom is 0.241 e. The highest BCUT2D eigenvalue weighted by molar-refractivity contribution is 7.98. The van der Waals surface area contributed by atoms with Crippen LogP contribution < -0.4 is 5.32 Å². The summed E-state index contributed by atoms with van der Waals surface area (Å²) in [6.45, 7) is 6.14. The number of nitrogens with one attached hydrogen (secondary N) is 1. The lowest BCUT2D eigenvalue weighted by Crippen LogP contribution is -2.39. The Bertz CT molecular complexity index is 446. The van der Waals surface area contributed by atoms with Crippen LogP contribution >= 0.6 is 11.8 Å². The Morgan fingerprint density at radius 1 is 1.37 bits per heavy atom. The van der Waals surface area contributed by atoms with Gasteiger partial charge in [-0.25, -0.2) is 0 Å². The summed E-state index contributed by atoms with van der Waals surface area (Å²) in [4.78, 5) is 14.3. The van der Waals surface area contributed by atoms with E-state index >= 15 is 0 Å². The first-order valence-electron chi connectivity index (χ1n) is 6.68. The van der Waals surface area contributed by atoms with Crippen molar-refractivity contribution in [2.24, 2.45) is 0 Å². The van der Waals surface area contributed by atoms with E-state index in [4.69, 9.17) is 0 Å². The van der Waals surface area contributed by atoms with Gasteiger partial charge in [0.1, 0.15) is 6.17 Å². The Balaban J connectivity index is 2.26. The van der Waals surface area contributed by atoms with E-state index in [1.54, 1.807) is 11.8 Å². The highest BCUT2D eigenvalue weighted by Crippen LogP contribution is 2.28. The van der Waals surface area contributed by atoms with Crippen molar-refractivity contribution >= 4 is 17.7 Å². The molecule has 1 aliphatic rings. The van der Waals surface area contributed by atoms with Crippen LogP contribution in [-0.2, 0) is 4.79 Å². The second kappa shape index (κ2) is 5.97. The van der Waals surface area contributed by atoms with Gasteiger partial charge in [-0.05, 0) is 32.6 Å². The van der Waals surface area contributed by atoms with Crippen molar-refractivity contribution in [1.82, 2.24) is 10.2 Å². The van der Waals surface area contributed by atoms with Gasteiger partial charge in [0.25, 0.3) is 0 Å². The molecule has 104 valence electrons. The molecule has 4 heteroatoms. The molecule has 0 aliphatic carbocycles. The van der Waals surface area contributed by atoms with Crippen LogP contribution in [0.3, 0.4) is 0 Å². The molecule has 0 radical (unpaired) electrons. The SMILES string of the molecule is CSCC(C)N1C(=O)C(C)NC1c1ccc(C)cc1. The fourth-order valence-electron chi connectivity index (χ4n) is 2.54. The minimum absolute atomic E-state index is 0.00486. The zero-order valence-electron chi connectivity index (χ0n) is 12.0. The number of aryl methyl sites for hydroxylation is 1. The van der Waals surface area contributed by atoms with Crippen LogP contribution in [0.4, 0.5) is 0 Å². The molecule has 1 saturated heterocycles. The van der Waals surface area contributed by atoms with Crippen LogP contribution in [0.25, 0.3) is 0 Å². The van der Waals surface area contributed by atoms with E-state index in [9.17, 15) is 4.79 Å². The fourth-order valence-corrected chi connectivity index (χ4v) is 3.18. The summed E-state index contributed by atoms with van der Waals surface area (Å²) in [7, 11) is 0. The van der Waals surface area contributed by atoms with Gasteiger partial charge in [-0.1, -0.05) is 29.8 Å². The quantitative estimate of drug-likeness (QED) is 0.918. The van der Waals surface area contributed by atoms with E-state index in [2.05, 4.69) is 49.7 Å². The normalized spacial score (nSPS) is 24.8. The molecule has 1 fully saturated rings. The van der Waals surface area contributed by atoms with Crippen molar-refractivity contribution in [2.45, 2.75) is 39.0 Å². The highest BCUT2D eigenvalue weighted by Gasteiger charge is 2.39. The van der Waals surface area contributed by atoms with Crippen LogP contribution in [0.15, 0.2) is 24.3 Å². The van der Waals surface area contributed by atoms with E-state index in [-0.39, 0.29) is 24.2 Å². The minimum atomic E-state index is -0.101. The lowest BCUT2D eigenvalue weighted by molar-refractivity contribution is -0.131. The van der Waals surface area contributed by atoms with Gasteiger partial charge >= 0.3 is 0 Å². The van der Waals surface area contributed by atoms with Crippen molar-refractivity contribution in [3.63, 3.8) is 0 Å².